The molecule has 0 bridgehead atoms. The second kappa shape index (κ2) is 4.35. The van der Waals surface area contributed by atoms with Gasteiger partial charge in [0.2, 0.25) is 0 Å². The number of hydrogen-bond donors (Lipinski definition) is 1. The molecule has 0 radical (unpaired) electrons. The zero-order chi connectivity index (χ0) is 10.6. The van der Waals surface area contributed by atoms with Crippen LogP contribution in [0.15, 0.2) is 12.4 Å². The molecule has 1 aromatic rings. The van der Waals surface area contributed by atoms with Crippen molar-refractivity contribution in [3.8, 4) is 0 Å². The molecule has 0 aliphatic rings. The summed E-state index contributed by atoms with van der Waals surface area (Å²) in [7, 11) is 0. The molecule has 1 rings (SSSR count). The molecule has 0 unspecified atom stereocenters. The van der Waals surface area contributed by atoms with Gasteiger partial charge in [-0.3, -0.25) is 4.79 Å². The van der Waals surface area contributed by atoms with Crippen molar-refractivity contribution < 1.29 is 9.72 Å². The first kappa shape index (κ1) is 10.2. The molecule has 0 spiro atoms. The third-order valence-electron chi connectivity index (χ3n) is 1.54. The number of carbonyl (C=O) groups excluding carboxylic acids is 1. The Labute approximate surface area is 79.9 Å². The predicted octanol–water partition coefficient (Wildman–Crippen LogP) is -0.0726. The average molecular weight is 198 g/mol. The van der Waals surface area contributed by atoms with Crippen molar-refractivity contribution in [3.05, 3.63) is 22.5 Å². The monoisotopic (exact) mass is 198 g/mol. The molecule has 0 saturated heterocycles. The molecule has 0 aromatic carbocycles. The van der Waals surface area contributed by atoms with Crippen LogP contribution in [0.3, 0.4) is 0 Å². The minimum absolute atomic E-state index is 0.0792. The molecule has 7 nitrogen and oxygen atoms in total. The summed E-state index contributed by atoms with van der Waals surface area (Å²) in [4.78, 5) is 24.4. The van der Waals surface area contributed by atoms with E-state index in [1.165, 1.54) is 17.0 Å². The van der Waals surface area contributed by atoms with Crippen LogP contribution < -0.4 is 5.32 Å². The Bertz CT molecular complexity index is 346. The molecule has 1 heterocycles. The number of likely N-dealkylation sites (N-methyl/N-ethyl adjacent to an activating group) is 1. The third kappa shape index (κ3) is 2.28. The van der Waals surface area contributed by atoms with Crippen molar-refractivity contribution in [2.24, 2.45) is 0 Å². The molecule has 0 atom stereocenters. The van der Waals surface area contributed by atoms with Crippen LogP contribution in [0, 0.1) is 10.1 Å². The second-order valence-electron chi connectivity index (χ2n) is 2.57. The van der Waals surface area contributed by atoms with Gasteiger partial charge in [-0.1, -0.05) is 4.98 Å². The molecular formula is C7H10N4O3. The van der Waals surface area contributed by atoms with Crippen molar-refractivity contribution >= 4 is 11.9 Å². The van der Waals surface area contributed by atoms with E-state index < -0.39 is 4.92 Å². The van der Waals surface area contributed by atoms with Crippen LogP contribution in [0.2, 0.25) is 0 Å². The first-order chi connectivity index (χ1) is 6.65. The summed E-state index contributed by atoms with van der Waals surface area (Å²) in [5.74, 6) is -0.593. The fourth-order valence-corrected chi connectivity index (χ4v) is 1.00. The van der Waals surface area contributed by atoms with E-state index >= 15 is 0 Å². The van der Waals surface area contributed by atoms with Crippen LogP contribution in [-0.2, 0) is 11.3 Å². The maximum absolute atomic E-state index is 11.1. The van der Waals surface area contributed by atoms with E-state index in [1.807, 2.05) is 0 Å². The molecular weight excluding hydrogens is 188 g/mol. The minimum atomic E-state index is -0.626. The van der Waals surface area contributed by atoms with Crippen molar-refractivity contribution in [2.75, 3.05) is 6.54 Å². The summed E-state index contributed by atoms with van der Waals surface area (Å²) in [6.45, 7) is 2.20. The van der Waals surface area contributed by atoms with E-state index in [4.69, 9.17) is 0 Å². The largest absolute Gasteiger partial charge is 0.435 e. The molecule has 1 amide bonds. The molecule has 0 aliphatic carbocycles. The highest BCUT2D eigenvalue weighted by Gasteiger charge is 2.16. The van der Waals surface area contributed by atoms with Gasteiger partial charge in [0.15, 0.2) is 6.54 Å². The zero-order valence-electron chi connectivity index (χ0n) is 7.64. The predicted molar refractivity (Wildman–Crippen MR) is 47.6 cm³/mol. The number of amides is 1. The van der Waals surface area contributed by atoms with Gasteiger partial charge >= 0.3 is 5.95 Å². The molecule has 0 aliphatic heterocycles. The number of nitro groups is 1. The van der Waals surface area contributed by atoms with Crippen LogP contribution in [-0.4, -0.2) is 26.9 Å². The van der Waals surface area contributed by atoms with E-state index in [-0.39, 0.29) is 18.4 Å². The lowest BCUT2D eigenvalue weighted by Crippen LogP contribution is -2.27. The van der Waals surface area contributed by atoms with E-state index in [2.05, 4.69) is 10.3 Å². The molecule has 1 aromatic heterocycles. The molecule has 0 saturated carbocycles. The topological polar surface area (TPSA) is 90.1 Å². The number of aromatic nitrogens is 2. The van der Waals surface area contributed by atoms with Gasteiger partial charge in [0, 0.05) is 6.54 Å². The zero-order valence-corrected chi connectivity index (χ0v) is 7.64. The molecule has 0 fully saturated rings. The summed E-state index contributed by atoms with van der Waals surface area (Å²) in [6.07, 6.45) is 2.69. The lowest BCUT2D eigenvalue weighted by Gasteiger charge is -2.01. The maximum Gasteiger partial charge on any atom is 0.435 e. The summed E-state index contributed by atoms with van der Waals surface area (Å²) in [5, 5.41) is 13.0. The molecule has 14 heavy (non-hydrogen) atoms. The normalized spacial score (nSPS) is 9.79. The lowest BCUT2D eigenvalue weighted by molar-refractivity contribution is -0.396. The van der Waals surface area contributed by atoms with Crippen LogP contribution in [0.25, 0.3) is 0 Å². The Kier molecular flexibility index (Phi) is 3.16. The molecule has 76 valence electrons. The van der Waals surface area contributed by atoms with Crippen molar-refractivity contribution in [3.63, 3.8) is 0 Å². The van der Waals surface area contributed by atoms with E-state index in [1.54, 1.807) is 6.92 Å². The highest BCUT2D eigenvalue weighted by molar-refractivity contribution is 5.75. The first-order valence-electron chi connectivity index (χ1n) is 4.07. The van der Waals surface area contributed by atoms with Gasteiger partial charge in [0.25, 0.3) is 5.91 Å². The van der Waals surface area contributed by atoms with Gasteiger partial charge in [0.1, 0.15) is 12.4 Å². The van der Waals surface area contributed by atoms with E-state index in [9.17, 15) is 14.9 Å². The Balaban J connectivity index is 2.71. The fraction of sp³-hybridized carbons (Fsp3) is 0.429. The number of carbonyl (C=O) groups is 1. The Hall–Kier alpha value is -1.92. The Morgan fingerprint density at radius 2 is 2.50 bits per heavy atom. The number of nitrogens with zero attached hydrogens (tertiary/aromatic N) is 3. The second-order valence-corrected chi connectivity index (χ2v) is 2.57. The number of hydrogen-bond acceptors (Lipinski definition) is 4. The lowest BCUT2D eigenvalue weighted by atomic mass is 10.5. The van der Waals surface area contributed by atoms with Crippen LogP contribution in [0.1, 0.15) is 6.92 Å². The summed E-state index contributed by atoms with van der Waals surface area (Å²) >= 11 is 0. The van der Waals surface area contributed by atoms with Gasteiger partial charge in [-0.15, -0.1) is 0 Å². The maximum atomic E-state index is 11.1. The summed E-state index contributed by atoms with van der Waals surface area (Å²) in [6, 6.07) is 0. The number of imidazole rings is 1. The van der Waals surface area contributed by atoms with Crippen molar-refractivity contribution in [1.29, 1.82) is 0 Å². The quantitative estimate of drug-likeness (QED) is 0.541. The van der Waals surface area contributed by atoms with Crippen molar-refractivity contribution in [1.82, 2.24) is 14.9 Å². The van der Waals surface area contributed by atoms with Gasteiger partial charge < -0.3 is 15.4 Å². The minimum Gasteiger partial charge on any atom is -0.390 e. The van der Waals surface area contributed by atoms with Gasteiger partial charge in [-0.2, -0.15) is 0 Å². The summed E-state index contributed by atoms with van der Waals surface area (Å²) < 4.78 is 1.19. The molecule has 7 heteroatoms. The summed E-state index contributed by atoms with van der Waals surface area (Å²) in [5.41, 5.74) is 0. The van der Waals surface area contributed by atoms with E-state index in [0.29, 0.717) is 6.54 Å². The smallest absolute Gasteiger partial charge is 0.390 e. The number of nitrogens with one attached hydrogen (secondary N) is 1. The highest BCUT2D eigenvalue weighted by atomic mass is 16.6. The first-order valence-corrected chi connectivity index (χ1v) is 4.07. The highest BCUT2D eigenvalue weighted by Crippen LogP contribution is 2.06. The average Bonchev–Trinajstić information content (AvgIpc) is 2.52. The third-order valence-corrected chi connectivity index (χ3v) is 1.54. The SMILES string of the molecule is CCNC(=O)Cn1ccnc1[N+](=O)[O-]. The van der Waals surface area contributed by atoms with Gasteiger partial charge in [-0.05, 0) is 11.8 Å². The standard InChI is InChI=1S/C7H10N4O3/c1-2-8-6(12)5-10-4-3-9-7(10)11(13)14/h3-4H,2,5H2,1H3,(H,8,12). The van der Waals surface area contributed by atoms with Crippen LogP contribution in [0.4, 0.5) is 5.95 Å². The van der Waals surface area contributed by atoms with Crippen LogP contribution in [0.5, 0.6) is 0 Å². The van der Waals surface area contributed by atoms with Gasteiger partial charge in [0.05, 0.1) is 0 Å². The Morgan fingerprint density at radius 3 is 3.07 bits per heavy atom. The van der Waals surface area contributed by atoms with E-state index in [0.717, 1.165) is 0 Å². The van der Waals surface area contributed by atoms with Crippen LogP contribution >= 0.6 is 0 Å². The van der Waals surface area contributed by atoms with Gasteiger partial charge in [-0.25, -0.2) is 4.57 Å². The van der Waals surface area contributed by atoms with Crippen molar-refractivity contribution in [2.45, 2.75) is 13.5 Å². The Morgan fingerprint density at radius 1 is 1.79 bits per heavy atom. The number of rotatable bonds is 4. The molecule has 1 N–H and O–H groups in total. The fourth-order valence-electron chi connectivity index (χ4n) is 1.00.